The second-order valence-electron chi connectivity index (χ2n) is 10.6. The van der Waals surface area contributed by atoms with Crippen LogP contribution in [-0.4, -0.2) is 13.8 Å². The van der Waals surface area contributed by atoms with Gasteiger partial charge in [-0.2, -0.15) is 6.07 Å². The number of fused-ring (bicyclic) bond motifs is 1. The van der Waals surface area contributed by atoms with Crippen molar-refractivity contribution in [1.82, 2.24) is 0 Å². The van der Waals surface area contributed by atoms with Gasteiger partial charge in [-0.15, -0.1) is 34.5 Å². The average Bonchev–Trinajstić information content (AvgIpc) is 3.53. The molecule has 0 unspecified atom stereocenters. The third-order valence-electron chi connectivity index (χ3n) is 7.69. The van der Waals surface area contributed by atoms with Crippen LogP contribution < -0.4 is 24.8 Å². The predicted octanol–water partition coefficient (Wildman–Crippen LogP) is 3.04. The maximum Gasteiger partial charge on any atom is 3.00 e. The molecule has 3 heterocycles. The Hall–Kier alpha value is -1.38. The SMILES string of the molecule is CC1=C2C3=NC=CC3=C1[Si]2(C)C.CCCCCCc1ccc(-c2cccc3[cH-]c(C)cc23)cc1.[Cl-].[Cl-].[Zr+3]. The van der Waals surface area contributed by atoms with Crippen molar-refractivity contribution in [2.45, 2.75) is 66.0 Å². The summed E-state index contributed by atoms with van der Waals surface area (Å²) >= 11 is 0. The van der Waals surface area contributed by atoms with Crippen molar-refractivity contribution < 1.29 is 51.0 Å². The molecular formula is C32H36Cl2NSiZr. The minimum absolute atomic E-state index is 0. The van der Waals surface area contributed by atoms with E-state index in [1.165, 1.54) is 82.0 Å². The number of unbranched alkanes of at least 4 members (excludes halogenated alkanes) is 3. The molecule has 0 atom stereocenters. The van der Waals surface area contributed by atoms with Gasteiger partial charge in [0.25, 0.3) is 0 Å². The van der Waals surface area contributed by atoms with E-state index in [2.05, 4.69) is 99.5 Å². The fourth-order valence-corrected chi connectivity index (χ4v) is 9.97. The molecule has 0 saturated heterocycles. The summed E-state index contributed by atoms with van der Waals surface area (Å²) in [5.41, 5.74) is 9.76. The van der Waals surface area contributed by atoms with Gasteiger partial charge >= 0.3 is 26.2 Å². The molecule has 0 spiro atoms. The van der Waals surface area contributed by atoms with Crippen molar-refractivity contribution in [2.75, 3.05) is 0 Å². The van der Waals surface area contributed by atoms with Crippen molar-refractivity contribution in [3.63, 3.8) is 0 Å². The van der Waals surface area contributed by atoms with Gasteiger partial charge in [-0.05, 0) is 52.9 Å². The number of nitrogens with zero attached hydrogens (tertiary/aromatic N) is 1. The van der Waals surface area contributed by atoms with Crippen molar-refractivity contribution in [3.8, 4) is 11.1 Å². The van der Waals surface area contributed by atoms with E-state index in [-0.39, 0.29) is 51.0 Å². The summed E-state index contributed by atoms with van der Waals surface area (Å²) in [5, 5.41) is 5.98. The molecule has 0 amide bonds. The Morgan fingerprint density at radius 2 is 1.62 bits per heavy atom. The maximum atomic E-state index is 4.42. The Labute approximate surface area is 255 Å². The Balaban J connectivity index is 0.000000274. The van der Waals surface area contributed by atoms with E-state index >= 15 is 0 Å². The minimum atomic E-state index is -1.13. The van der Waals surface area contributed by atoms with E-state index in [1.807, 2.05) is 6.20 Å². The van der Waals surface area contributed by atoms with Crippen LogP contribution in [0.2, 0.25) is 13.1 Å². The number of hydrogen-bond acceptors (Lipinski definition) is 1. The van der Waals surface area contributed by atoms with Gasteiger partial charge in [0.15, 0.2) is 0 Å². The molecule has 1 nitrogen and oxygen atoms in total. The quantitative estimate of drug-likeness (QED) is 0.227. The molecule has 0 aromatic heterocycles. The third-order valence-corrected chi connectivity index (χ3v) is 11.4. The number of rotatable bonds is 6. The van der Waals surface area contributed by atoms with E-state index < -0.39 is 8.07 Å². The number of allylic oxidation sites excluding steroid dienone is 5. The molecule has 4 aliphatic rings. The molecule has 7 rings (SSSR count). The summed E-state index contributed by atoms with van der Waals surface area (Å²) in [7, 11) is -1.13. The predicted molar refractivity (Wildman–Crippen MR) is 151 cm³/mol. The van der Waals surface area contributed by atoms with E-state index in [0.717, 1.165) is 0 Å². The minimum Gasteiger partial charge on any atom is -1.00 e. The van der Waals surface area contributed by atoms with Crippen molar-refractivity contribution in [2.24, 2.45) is 4.99 Å². The van der Waals surface area contributed by atoms with Crippen LogP contribution in [0.25, 0.3) is 21.9 Å². The van der Waals surface area contributed by atoms with E-state index in [4.69, 9.17) is 0 Å². The molecule has 191 valence electrons. The second kappa shape index (κ2) is 13.1. The van der Waals surface area contributed by atoms with Crippen LogP contribution in [0, 0.1) is 6.92 Å². The van der Waals surface area contributed by atoms with E-state index in [0.29, 0.717) is 0 Å². The number of halogens is 2. The topological polar surface area (TPSA) is 12.4 Å². The van der Waals surface area contributed by atoms with Gasteiger partial charge in [0.1, 0.15) is 8.07 Å². The first kappa shape index (κ1) is 31.8. The van der Waals surface area contributed by atoms with Crippen LogP contribution in [-0.2, 0) is 32.6 Å². The summed E-state index contributed by atoms with van der Waals surface area (Å²) in [5.74, 6) is 0. The Morgan fingerprint density at radius 3 is 2.27 bits per heavy atom. The number of aryl methyl sites for hydroxylation is 2. The van der Waals surface area contributed by atoms with Crippen LogP contribution in [0.5, 0.6) is 0 Å². The zero-order valence-electron chi connectivity index (χ0n) is 22.6. The number of aliphatic imine (C=N–C) groups is 1. The Bertz CT molecular complexity index is 1370. The number of benzene rings is 2. The van der Waals surface area contributed by atoms with Crippen molar-refractivity contribution >= 4 is 24.6 Å². The molecular weight excluding hydrogens is 589 g/mol. The zero-order chi connectivity index (χ0) is 23.9. The van der Waals surface area contributed by atoms with E-state index in [9.17, 15) is 0 Å². The smallest absolute Gasteiger partial charge is 1.00 e. The summed E-state index contributed by atoms with van der Waals surface area (Å²) < 4.78 is 0. The first-order valence-corrected chi connectivity index (χ1v) is 15.9. The molecule has 1 aliphatic carbocycles. The largest absolute Gasteiger partial charge is 3.00 e. The fraction of sp³-hybridized carbons (Fsp3) is 0.312. The molecule has 3 aliphatic heterocycles. The number of hydrogen-bond donors (Lipinski definition) is 0. The van der Waals surface area contributed by atoms with Crippen LogP contribution in [0.1, 0.15) is 50.7 Å². The van der Waals surface area contributed by atoms with Gasteiger partial charge in [0.05, 0.1) is 5.71 Å². The molecule has 3 aromatic rings. The molecule has 37 heavy (non-hydrogen) atoms. The molecule has 0 N–H and O–H groups in total. The molecule has 0 saturated carbocycles. The van der Waals surface area contributed by atoms with Crippen molar-refractivity contribution in [1.29, 1.82) is 0 Å². The van der Waals surface area contributed by atoms with Gasteiger partial charge < -0.3 is 24.8 Å². The van der Waals surface area contributed by atoms with Crippen molar-refractivity contribution in [3.05, 3.63) is 99.5 Å². The zero-order valence-corrected chi connectivity index (χ0v) is 27.6. The van der Waals surface area contributed by atoms with Gasteiger partial charge in [0, 0.05) is 11.8 Å². The van der Waals surface area contributed by atoms with Gasteiger partial charge in [0.2, 0.25) is 0 Å². The Kier molecular flexibility index (Phi) is 11.3. The molecule has 0 fully saturated rings. The molecule has 1 radical (unpaired) electrons. The summed E-state index contributed by atoms with van der Waals surface area (Å²) in [6, 6.07) is 20.3. The maximum absolute atomic E-state index is 4.42. The summed E-state index contributed by atoms with van der Waals surface area (Å²) in [6.07, 6.45) is 10.6. The first-order chi connectivity index (χ1) is 16.4. The molecule has 5 heteroatoms. The summed E-state index contributed by atoms with van der Waals surface area (Å²) in [6.45, 7) is 11.5. The van der Waals surface area contributed by atoms with Gasteiger partial charge in [-0.3, -0.25) is 4.99 Å². The normalized spacial score (nSPS) is 15.6. The first-order valence-electron chi connectivity index (χ1n) is 12.9. The average molecular weight is 625 g/mol. The standard InChI is InChI=1S/C22H25.C10H11NSi.2ClH.Zr/c1-3-4-5-6-8-18-11-13-19(14-12-18)21-10-7-9-20-15-17(2)16-22(20)21;1-6-9-7-4-5-11-8(7)10(6)12(9,2)3;;;/h7,9-16H,3-6,8H2,1-2H3;4-5H,1-3H3;2*1H;/q-1;;;;+3/p-2. The van der Waals surface area contributed by atoms with Crippen LogP contribution >= 0.6 is 0 Å². The molecule has 2 bridgehead atoms. The van der Waals surface area contributed by atoms with Gasteiger partial charge in [-0.1, -0.05) is 82.1 Å². The fourth-order valence-electron chi connectivity index (χ4n) is 6.12. The summed E-state index contributed by atoms with van der Waals surface area (Å²) in [4.78, 5) is 4.42. The Morgan fingerprint density at radius 1 is 0.892 bits per heavy atom. The van der Waals surface area contributed by atoms with E-state index in [1.54, 1.807) is 10.4 Å². The second-order valence-corrected chi connectivity index (χ2v) is 14.8. The monoisotopic (exact) mass is 622 g/mol. The van der Waals surface area contributed by atoms with Crippen LogP contribution in [0.3, 0.4) is 0 Å². The van der Waals surface area contributed by atoms with Crippen LogP contribution in [0.4, 0.5) is 0 Å². The third kappa shape index (κ3) is 5.96. The van der Waals surface area contributed by atoms with Crippen LogP contribution in [0.15, 0.2) is 93.4 Å². The van der Waals surface area contributed by atoms with Gasteiger partial charge in [-0.25, -0.2) is 0 Å². The molecule has 3 aromatic carbocycles.